The first-order valence-electron chi connectivity index (χ1n) is 15.7. The molecule has 0 N–H and O–H groups in total. The SMILES string of the molecule is C=C(c1ccccc1)N(C/C=C\Cc1c2ccccc2c(-c2ccc3ccccc3c2)c2cccc(C)c12)c1ccccc1C. The Hall–Kier alpha value is -5.40. The van der Waals surface area contributed by atoms with Gasteiger partial charge in [0.05, 0.1) is 0 Å². The van der Waals surface area contributed by atoms with E-state index in [1.165, 1.54) is 65.8 Å². The van der Waals surface area contributed by atoms with Crippen LogP contribution in [0, 0.1) is 13.8 Å². The molecule has 7 aromatic carbocycles. The molecule has 0 atom stereocenters. The van der Waals surface area contributed by atoms with Gasteiger partial charge >= 0.3 is 0 Å². The Kier molecular flexibility index (Phi) is 7.76. The number of rotatable bonds is 8. The summed E-state index contributed by atoms with van der Waals surface area (Å²) in [6, 6.07) is 50.2. The van der Waals surface area contributed by atoms with Crippen LogP contribution in [0.5, 0.6) is 0 Å². The van der Waals surface area contributed by atoms with E-state index in [9.17, 15) is 0 Å². The molecule has 0 aliphatic carbocycles. The maximum Gasteiger partial charge on any atom is 0.0443 e. The molecule has 0 fully saturated rings. The lowest BCUT2D eigenvalue weighted by Gasteiger charge is -2.27. The Morgan fingerprint density at radius 1 is 0.600 bits per heavy atom. The highest BCUT2D eigenvalue weighted by atomic mass is 15.1. The maximum atomic E-state index is 4.52. The minimum atomic E-state index is 0.739. The molecule has 0 unspecified atom stereocenters. The Bertz CT molecular complexity index is 2200. The van der Waals surface area contributed by atoms with Crippen molar-refractivity contribution in [3.8, 4) is 11.1 Å². The molecule has 0 aliphatic rings. The van der Waals surface area contributed by atoms with E-state index >= 15 is 0 Å². The van der Waals surface area contributed by atoms with Crippen LogP contribution < -0.4 is 4.90 Å². The van der Waals surface area contributed by atoms with Crippen LogP contribution in [0.4, 0.5) is 5.69 Å². The van der Waals surface area contributed by atoms with Crippen LogP contribution in [-0.2, 0) is 6.42 Å². The fraction of sp³-hybridized carbons (Fsp3) is 0.0909. The lowest BCUT2D eigenvalue weighted by molar-refractivity contribution is 1.09. The normalized spacial score (nSPS) is 11.5. The van der Waals surface area contributed by atoms with Crippen molar-refractivity contribution in [2.45, 2.75) is 20.3 Å². The number of allylic oxidation sites excluding steroid dienone is 1. The largest absolute Gasteiger partial charge is 0.337 e. The number of nitrogens with zero attached hydrogens (tertiary/aromatic N) is 1. The van der Waals surface area contributed by atoms with Crippen LogP contribution in [0.3, 0.4) is 0 Å². The highest BCUT2D eigenvalue weighted by Gasteiger charge is 2.17. The standard InChI is InChI=1S/C44H37N/c1-31-16-7-12-26-42(31)45(33(3)34-18-5-4-6-19-34)29-14-13-24-39-38-22-10-11-23-40(38)44(41-25-15-17-32(2)43(39)41)37-28-27-35-20-8-9-21-36(35)30-37/h4-23,25-28,30H,3,24,29H2,1-2H3/b14-13-. The lowest BCUT2D eigenvalue weighted by atomic mass is 9.85. The molecule has 0 saturated carbocycles. The molecule has 0 heterocycles. The topological polar surface area (TPSA) is 3.24 Å². The van der Waals surface area contributed by atoms with Gasteiger partial charge in [-0.05, 0) is 98.1 Å². The average molecular weight is 580 g/mol. The second-order valence-electron chi connectivity index (χ2n) is 11.8. The minimum Gasteiger partial charge on any atom is -0.337 e. The Morgan fingerprint density at radius 2 is 1.27 bits per heavy atom. The van der Waals surface area contributed by atoms with Crippen LogP contribution >= 0.6 is 0 Å². The van der Waals surface area contributed by atoms with Gasteiger partial charge in [-0.1, -0.05) is 146 Å². The molecular weight excluding hydrogens is 542 g/mol. The molecule has 0 aliphatic heterocycles. The summed E-state index contributed by atoms with van der Waals surface area (Å²) in [4.78, 5) is 2.32. The van der Waals surface area contributed by atoms with E-state index in [1.807, 2.05) is 0 Å². The summed E-state index contributed by atoms with van der Waals surface area (Å²) in [6.07, 6.45) is 5.49. The molecule has 0 amide bonds. The van der Waals surface area contributed by atoms with E-state index in [0.29, 0.717) is 0 Å². The van der Waals surface area contributed by atoms with Gasteiger partial charge in [0, 0.05) is 17.9 Å². The number of benzene rings is 7. The highest BCUT2D eigenvalue weighted by molar-refractivity contribution is 6.16. The fourth-order valence-electron chi connectivity index (χ4n) is 6.78. The summed E-state index contributed by atoms with van der Waals surface area (Å²) in [7, 11) is 0. The van der Waals surface area contributed by atoms with Crippen LogP contribution in [0.25, 0.3) is 49.1 Å². The van der Waals surface area contributed by atoms with Crippen molar-refractivity contribution in [2.24, 2.45) is 0 Å². The second-order valence-corrected chi connectivity index (χ2v) is 11.8. The first-order chi connectivity index (χ1) is 22.1. The third-order valence-corrected chi connectivity index (χ3v) is 9.02. The van der Waals surface area contributed by atoms with E-state index in [-0.39, 0.29) is 0 Å². The van der Waals surface area contributed by atoms with Gasteiger partial charge in [0.2, 0.25) is 0 Å². The summed E-state index contributed by atoms with van der Waals surface area (Å²) in [5.74, 6) is 0. The Balaban J connectivity index is 1.30. The summed E-state index contributed by atoms with van der Waals surface area (Å²) in [5.41, 5.74) is 9.81. The van der Waals surface area contributed by atoms with Crippen molar-refractivity contribution in [3.05, 3.63) is 181 Å². The minimum absolute atomic E-state index is 0.739. The molecule has 0 aromatic heterocycles. The summed E-state index contributed by atoms with van der Waals surface area (Å²) in [5, 5.41) is 7.81. The number of hydrogen-bond acceptors (Lipinski definition) is 1. The summed E-state index contributed by atoms with van der Waals surface area (Å²) >= 11 is 0. The van der Waals surface area contributed by atoms with Gasteiger partial charge in [0.15, 0.2) is 0 Å². The number of anilines is 1. The van der Waals surface area contributed by atoms with E-state index < -0.39 is 0 Å². The highest BCUT2D eigenvalue weighted by Crippen LogP contribution is 2.41. The number of fused-ring (bicyclic) bond motifs is 3. The Morgan fingerprint density at radius 3 is 2.09 bits per heavy atom. The first kappa shape index (κ1) is 28.4. The molecule has 0 bridgehead atoms. The van der Waals surface area contributed by atoms with Crippen molar-refractivity contribution >= 4 is 43.7 Å². The smallest absolute Gasteiger partial charge is 0.0443 e. The molecule has 218 valence electrons. The number of para-hydroxylation sites is 1. The van der Waals surface area contributed by atoms with Gasteiger partial charge in [0.1, 0.15) is 0 Å². The summed E-state index contributed by atoms with van der Waals surface area (Å²) in [6.45, 7) is 9.68. The van der Waals surface area contributed by atoms with Crippen molar-refractivity contribution in [3.63, 3.8) is 0 Å². The number of hydrogen-bond donors (Lipinski definition) is 0. The van der Waals surface area contributed by atoms with Crippen molar-refractivity contribution in [1.29, 1.82) is 0 Å². The predicted molar refractivity (Wildman–Crippen MR) is 196 cm³/mol. The van der Waals surface area contributed by atoms with E-state index in [0.717, 1.165) is 24.2 Å². The number of aryl methyl sites for hydroxylation is 2. The monoisotopic (exact) mass is 579 g/mol. The van der Waals surface area contributed by atoms with E-state index in [4.69, 9.17) is 0 Å². The lowest BCUT2D eigenvalue weighted by Crippen LogP contribution is -2.22. The van der Waals surface area contributed by atoms with Gasteiger partial charge in [0.25, 0.3) is 0 Å². The zero-order valence-corrected chi connectivity index (χ0v) is 26.0. The van der Waals surface area contributed by atoms with Crippen LogP contribution in [0.2, 0.25) is 0 Å². The molecule has 0 spiro atoms. The zero-order chi connectivity index (χ0) is 30.8. The molecule has 7 rings (SSSR count). The first-order valence-corrected chi connectivity index (χ1v) is 15.7. The molecule has 0 saturated heterocycles. The zero-order valence-electron chi connectivity index (χ0n) is 26.0. The molecule has 45 heavy (non-hydrogen) atoms. The quantitative estimate of drug-likeness (QED) is 0.128. The van der Waals surface area contributed by atoms with Gasteiger partial charge in [-0.3, -0.25) is 0 Å². The summed E-state index contributed by atoms with van der Waals surface area (Å²) < 4.78 is 0. The van der Waals surface area contributed by atoms with Gasteiger partial charge in [-0.2, -0.15) is 0 Å². The van der Waals surface area contributed by atoms with Crippen LogP contribution in [-0.4, -0.2) is 6.54 Å². The van der Waals surface area contributed by atoms with E-state index in [1.54, 1.807) is 0 Å². The predicted octanol–water partition coefficient (Wildman–Crippen LogP) is 11.7. The average Bonchev–Trinajstić information content (AvgIpc) is 3.08. The van der Waals surface area contributed by atoms with E-state index in [2.05, 4.69) is 177 Å². The molecule has 0 radical (unpaired) electrons. The van der Waals surface area contributed by atoms with Gasteiger partial charge in [-0.25, -0.2) is 0 Å². The van der Waals surface area contributed by atoms with Crippen molar-refractivity contribution < 1.29 is 0 Å². The molecular formula is C44H37N. The molecule has 1 nitrogen and oxygen atoms in total. The maximum absolute atomic E-state index is 4.52. The molecule has 7 aromatic rings. The molecule has 1 heteroatoms. The third kappa shape index (κ3) is 5.43. The van der Waals surface area contributed by atoms with Crippen molar-refractivity contribution in [1.82, 2.24) is 0 Å². The van der Waals surface area contributed by atoms with Crippen molar-refractivity contribution in [2.75, 3.05) is 11.4 Å². The van der Waals surface area contributed by atoms with Crippen LogP contribution in [0.1, 0.15) is 22.3 Å². The third-order valence-electron chi connectivity index (χ3n) is 9.02. The van der Waals surface area contributed by atoms with Gasteiger partial charge in [-0.15, -0.1) is 0 Å². The Labute approximate surface area is 266 Å². The van der Waals surface area contributed by atoms with Crippen LogP contribution in [0.15, 0.2) is 158 Å². The second kappa shape index (κ2) is 12.3. The van der Waals surface area contributed by atoms with Gasteiger partial charge < -0.3 is 4.90 Å². The fourth-order valence-corrected chi connectivity index (χ4v) is 6.78.